The van der Waals surface area contributed by atoms with Crippen molar-refractivity contribution in [2.24, 2.45) is 17.8 Å². The van der Waals surface area contributed by atoms with Gasteiger partial charge in [0.05, 0.1) is 12.6 Å². The average molecular weight is 347 g/mol. The highest BCUT2D eigenvalue weighted by molar-refractivity contribution is 6.30. The van der Waals surface area contributed by atoms with Crippen LogP contribution in [0.25, 0.3) is 0 Å². The molecule has 4 fully saturated rings. The third-order valence-corrected chi connectivity index (χ3v) is 6.66. The Kier molecular flexibility index (Phi) is 4.34. The van der Waals surface area contributed by atoms with Crippen LogP contribution in [0.15, 0.2) is 24.3 Å². The summed E-state index contributed by atoms with van der Waals surface area (Å²) >= 11 is 5.92. The predicted octanol–water partition coefficient (Wildman–Crippen LogP) is 4.08. The van der Waals surface area contributed by atoms with E-state index in [1.807, 2.05) is 31.2 Å². The molecule has 130 valence electrons. The fourth-order valence-electron chi connectivity index (χ4n) is 5.72. The molecule has 1 atom stereocenters. The van der Waals surface area contributed by atoms with Crippen LogP contribution in [0.4, 0.5) is 0 Å². The normalized spacial score (nSPS) is 35.0. The summed E-state index contributed by atoms with van der Waals surface area (Å²) in [7, 11) is 0. The molecule has 0 saturated heterocycles. The highest BCUT2D eigenvalue weighted by Gasteiger charge is 2.50. The Morgan fingerprint density at radius 1 is 1.12 bits per heavy atom. The van der Waals surface area contributed by atoms with Gasteiger partial charge in [0.25, 0.3) is 0 Å². The Labute approximate surface area is 149 Å². The van der Waals surface area contributed by atoms with Gasteiger partial charge < -0.3 is 10.6 Å². The zero-order chi connectivity index (χ0) is 16.7. The number of benzene rings is 1. The van der Waals surface area contributed by atoms with Crippen LogP contribution in [0.3, 0.4) is 0 Å². The van der Waals surface area contributed by atoms with E-state index in [1.54, 1.807) is 0 Å². The lowest BCUT2D eigenvalue weighted by atomic mass is 9.53. The summed E-state index contributed by atoms with van der Waals surface area (Å²) in [6.45, 7) is 2.45. The summed E-state index contributed by atoms with van der Waals surface area (Å²) in [6, 6.07) is 7.69. The zero-order valence-electron chi connectivity index (χ0n) is 14.4. The van der Waals surface area contributed by atoms with Gasteiger partial charge in [-0.05, 0) is 80.9 Å². The maximum absolute atomic E-state index is 12.4. The minimum atomic E-state index is 0.00734. The number of amides is 1. The molecule has 0 radical (unpaired) electrons. The van der Waals surface area contributed by atoms with Gasteiger partial charge in [0, 0.05) is 10.6 Å². The number of carbonyl (C=O) groups excluding carboxylic acids is 1. The molecule has 24 heavy (non-hydrogen) atoms. The van der Waals surface area contributed by atoms with Gasteiger partial charge in [0.1, 0.15) is 0 Å². The largest absolute Gasteiger partial charge is 0.348 e. The summed E-state index contributed by atoms with van der Waals surface area (Å²) in [6.07, 6.45) is 8.12. The average Bonchev–Trinajstić information content (AvgIpc) is 2.52. The van der Waals surface area contributed by atoms with Crippen molar-refractivity contribution in [3.05, 3.63) is 34.9 Å². The van der Waals surface area contributed by atoms with Gasteiger partial charge in [-0.15, -0.1) is 0 Å². The summed E-state index contributed by atoms with van der Waals surface area (Å²) in [5.41, 5.74) is 1.33. The Bertz CT molecular complexity index is 577. The minimum absolute atomic E-state index is 0.00734. The third-order valence-electron chi connectivity index (χ3n) is 6.41. The number of carbonyl (C=O) groups is 1. The molecule has 4 saturated carbocycles. The minimum Gasteiger partial charge on any atom is -0.348 e. The quantitative estimate of drug-likeness (QED) is 0.843. The Balaban J connectivity index is 1.31. The van der Waals surface area contributed by atoms with Crippen LogP contribution in [0.1, 0.15) is 57.1 Å². The number of hydrogen-bond donors (Lipinski definition) is 2. The number of nitrogens with one attached hydrogen (secondary N) is 2. The van der Waals surface area contributed by atoms with Crippen molar-refractivity contribution in [3.8, 4) is 0 Å². The first kappa shape index (κ1) is 16.4. The van der Waals surface area contributed by atoms with Crippen LogP contribution in [0, 0.1) is 17.8 Å². The molecule has 0 heterocycles. The van der Waals surface area contributed by atoms with Gasteiger partial charge in [0.2, 0.25) is 5.91 Å². The summed E-state index contributed by atoms with van der Waals surface area (Å²) < 4.78 is 0. The molecule has 0 aromatic heterocycles. The van der Waals surface area contributed by atoms with Crippen LogP contribution in [0.5, 0.6) is 0 Å². The van der Waals surface area contributed by atoms with Crippen molar-refractivity contribution in [3.63, 3.8) is 0 Å². The zero-order valence-corrected chi connectivity index (χ0v) is 15.1. The first-order valence-corrected chi connectivity index (χ1v) is 9.69. The maximum Gasteiger partial charge on any atom is 0.234 e. The van der Waals surface area contributed by atoms with E-state index in [4.69, 9.17) is 11.6 Å². The van der Waals surface area contributed by atoms with E-state index < -0.39 is 0 Å². The van der Waals surface area contributed by atoms with E-state index in [9.17, 15) is 4.79 Å². The van der Waals surface area contributed by atoms with Crippen molar-refractivity contribution in [2.75, 3.05) is 6.54 Å². The summed E-state index contributed by atoms with van der Waals surface area (Å²) in [5.74, 6) is 2.80. The molecule has 4 bridgehead atoms. The topological polar surface area (TPSA) is 41.1 Å². The molecule has 4 heteroatoms. The lowest BCUT2D eigenvalue weighted by Crippen LogP contribution is -2.59. The van der Waals surface area contributed by atoms with E-state index in [2.05, 4.69) is 10.6 Å². The third kappa shape index (κ3) is 3.34. The smallest absolute Gasteiger partial charge is 0.234 e. The maximum atomic E-state index is 12.4. The molecule has 4 aliphatic rings. The van der Waals surface area contributed by atoms with E-state index in [0.717, 1.165) is 28.3 Å². The Hall–Kier alpha value is -1.06. The van der Waals surface area contributed by atoms with E-state index in [-0.39, 0.29) is 17.5 Å². The highest BCUT2D eigenvalue weighted by atomic mass is 35.5. The van der Waals surface area contributed by atoms with Crippen LogP contribution in [-0.2, 0) is 4.79 Å². The second kappa shape index (κ2) is 6.34. The molecular weight excluding hydrogens is 320 g/mol. The van der Waals surface area contributed by atoms with E-state index >= 15 is 0 Å². The van der Waals surface area contributed by atoms with Crippen molar-refractivity contribution in [2.45, 2.75) is 57.0 Å². The van der Waals surface area contributed by atoms with Gasteiger partial charge in [-0.3, -0.25) is 4.79 Å². The standard InChI is InChI=1S/C20H27ClN2O/c1-13(17-2-4-18(21)5-3-17)23-19(24)12-22-20-9-14-6-15(10-20)8-16(7-14)11-20/h2-5,13-16,22H,6-12H2,1H3,(H,23,24)/t13-,14?,15?,16?,20?/m1/s1. The fourth-order valence-corrected chi connectivity index (χ4v) is 5.85. The van der Waals surface area contributed by atoms with Crippen LogP contribution >= 0.6 is 11.6 Å². The SMILES string of the molecule is C[C@@H](NC(=O)CNC12CC3CC(CC(C3)C1)C2)c1ccc(Cl)cc1. The molecule has 1 aromatic carbocycles. The van der Waals surface area contributed by atoms with Gasteiger partial charge in [-0.1, -0.05) is 23.7 Å². The first-order chi connectivity index (χ1) is 11.5. The lowest BCUT2D eigenvalue weighted by molar-refractivity contribution is -0.122. The van der Waals surface area contributed by atoms with Crippen molar-refractivity contribution < 1.29 is 4.79 Å². The summed E-state index contributed by atoms with van der Waals surface area (Å²) in [4.78, 5) is 12.4. The Morgan fingerprint density at radius 2 is 1.67 bits per heavy atom. The number of halogens is 1. The second-order valence-electron chi connectivity index (χ2n) is 8.39. The fraction of sp³-hybridized carbons (Fsp3) is 0.650. The predicted molar refractivity (Wildman–Crippen MR) is 96.9 cm³/mol. The van der Waals surface area contributed by atoms with Gasteiger partial charge in [-0.25, -0.2) is 0 Å². The molecule has 4 aliphatic carbocycles. The molecule has 0 aliphatic heterocycles. The van der Waals surface area contributed by atoms with E-state index in [0.29, 0.717) is 6.54 Å². The molecule has 1 amide bonds. The second-order valence-corrected chi connectivity index (χ2v) is 8.83. The monoisotopic (exact) mass is 346 g/mol. The van der Waals surface area contributed by atoms with Crippen molar-refractivity contribution >= 4 is 17.5 Å². The van der Waals surface area contributed by atoms with Crippen LogP contribution < -0.4 is 10.6 Å². The van der Waals surface area contributed by atoms with Gasteiger partial charge in [-0.2, -0.15) is 0 Å². The number of rotatable bonds is 5. The van der Waals surface area contributed by atoms with Gasteiger partial charge in [0.15, 0.2) is 0 Å². The molecule has 1 aromatic rings. The highest BCUT2D eigenvalue weighted by Crippen LogP contribution is 2.55. The Morgan fingerprint density at radius 3 is 2.21 bits per heavy atom. The molecular formula is C20H27ClN2O. The molecule has 3 nitrogen and oxygen atoms in total. The van der Waals surface area contributed by atoms with Crippen molar-refractivity contribution in [1.82, 2.24) is 10.6 Å². The lowest BCUT2D eigenvalue weighted by Gasteiger charge is -2.57. The van der Waals surface area contributed by atoms with Crippen LogP contribution in [-0.4, -0.2) is 18.0 Å². The molecule has 5 rings (SSSR count). The van der Waals surface area contributed by atoms with E-state index in [1.165, 1.54) is 38.5 Å². The number of hydrogen-bond acceptors (Lipinski definition) is 2. The molecule has 0 spiro atoms. The van der Waals surface area contributed by atoms with Gasteiger partial charge >= 0.3 is 0 Å². The van der Waals surface area contributed by atoms with Crippen LogP contribution in [0.2, 0.25) is 5.02 Å². The molecule has 2 N–H and O–H groups in total. The first-order valence-electron chi connectivity index (χ1n) is 9.31. The molecule has 0 unspecified atom stereocenters. The van der Waals surface area contributed by atoms with Crippen molar-refractivity contribution in [1.29, 1.82) is 0 Å². The summed E-state index contributed by atoms with van der Waals surface area (Å²) in [5, 5.41) is 7.49.